The molecule has 0 aliphatic carbocycles. The van der Waals surface area contributed by atoms with Crippen molar-refractivity contribution in [2.75, 3.05) is 18.5 Å². The van der Waals surface area contributed by atoms with Crippen molar-refractivity contribution in [2.24, 2.45) is 0 Å². The highest BCUT2D eigenvalue weighted by atomic mass is 16.5. The third-order valence-corrected chi connectivity index (χ3v) is 4.26. The summed E-state index contributed by atoms with van der Waals surface area (Å²) < 4.78 is 5.45. The molecule has 0 radical (unpaired) electrons. The number of nitrogens with one attached hydrogen (secondary N) is 4. The number of aromatic amines is 2. The van der Waals surface area contributed by atoms with E-state index in [0.717, 1.165) is 19.4 Å². The molecule has 1 aromatic carbocycles. The molecule has 1 aliphatic rings. The molecule has 2 heterocycles. The Bertz CT molecular complexity index is 927. The fraction of sp³-hybridized carbons (Fsp3) is 0.412. The van der Waals surface area contributed by atoms with Crippen LogP contribution in [0.4, 0.5) is 5.69 Å². The minimum Gasteiger partial charge on any atom is -0.378 e. The Hall–Kier alpha value is -2.94. The van der Waals surface area contributed by atoms with Crippen molar-refractivity contribution in [1.29, 1.82) is 0 Å². The number of amides is 2. The van der Waals surface area contributed by atoms with Crippen LogP contribution in [0.1, 0.15) is 25.7 Å². The molecule has 1 saturated heterocycles. The number of hydrogen-bond donors (Lipinski definition) is 4. The molecule has 2 aromatic rings. The summed E-state index contributed by atoms with van der Waals surface area (Å²) in [6.07, 6.45) is 3.02. The third kappa shape index (κ3) is 4.17. The summed E-state index contributed by atoms with van der Waals surface area (Å²) in [5.41, 5.74) is -0.761. The third-order valence-electron chi connectivity index (χ3n) is 4.26. The lowest BCUT2D eigenvalue weighted by Crippen LogP contribution is -2.33. The van der Waals surface area contributed by atoms with Crippen LogP contribution in [-0.2, 0) is 14.3 Å². The second kappa shape index (κ2) is 7.96. The first-order chi connectivity index (χ1) is 12.5. The fourth-order valence-corrected chi connectivity index (χ4v) is 2.96. The number of H-pyrrole nitrogens is 2. The van der Waals surface area contributed by atoms with Crippen LogP contribution in [0.25, 0.3) is 10.8 Å². The fourth-order valence-electron chi connectivity index (χ4n) is 2.96. The minimum absolute atomic E-state index is 0.0920. The second-order valence-corrected chi connectivity index (χ2v) is 6.13. The molecule has 1 unspecified atom stereocenters. The molecule has 1 aliphatic heterocycles. The van der Waals surface area contributed by atoms with E-state index in [0.29, 0.717) is 12.8 Å². The van der Waals surface area contributed by atoms with Gasteiger partial charge in [0.2, 0.25) is 11.8 Å². The van der Waals surface area contributed by atoms with Crippen LogP contribution in [0, 0.1) is 0 Å². The zero-order valence-corrected chi connectivity index (χ0v) is 14.1. The number of benzene rings is 1. The summed E-state index contributed by atoms with van der Waals surface area (Å²) in [4.78, 5) is 47.6. The monoisotopic (exact) mass is 360 g/mol. The second-order valence-electron chi connectivity index (χ2n) is 6.13. The van der Waals surface area contributed by atoms with Crippen molar-refractivity contribution < 1.29 is 14.3 Å². The van der Waals surface area contributed by atoms with E-state index in [2.05, 4.69) is 20.8 Å². The average Bonchev–Trinajstić information content (AvgIpc) is 3.15. The van der Waals surface area contributed by atoms with Crippen LogP contribution >= 0.6 is 0 Å². The topological polar surface area (TPSA) is 133 Å². The highest BCUT2D eigenvalue weighted by molar-refractivity contribution is 6.02. The van der Waals surface area contributed by atoms with Crippen molar-refractivity contribution in [3.8, 4) is 0 Å². The average molecular weight is 360 g/mol. The lowest BCUT2D eigenvalue weighted by Gasteiger charge is -2.10. The van der Waals surface area contributed by atoms with E-state index in [1.54, 1.807) is 6.07 Å². The van der Waals surface area contributed by atoms with Gasteiger partial charge in [0.1, 0.15) is 0 Å². The van der Waals surface area contributed by atoms with Crippen molar-refractivity contribution in [1.82, 2.24) is 15.5 Å². The van der Waals surface area contributed by atoms with Gasteiger partial charge in [0.05, 0.1) is 29.1 Å². The number of aromatic nitrogens is 2. The first kappa shape index (κ1) is 17.9. The Morgan fingerprint density at radius 3 is 2.73 bits per heavy atom. The van der Waals surface area contributed by atoms with Gasteiger partial charge in [-0.15, -0.1) is 0 Å². The van der Waals surface area contributed by atoms with Crippen LogP contribution in [0.2, 0.25) is 0 Å². The molecule has 0 bridgehead atoms. The maximum atomic E-state index is 12.1. The van der Waals surface area contributed by atoms with Gasteiger partial charge in [-0.2, -0.15) is 0 Å². The normalized spacial score (nSPS) is 16.5. The van der Waals surface area contributed by atoms with Crippen LogP contribution < -0.4 is 21.8 Å². The summed E-state index contributed by atoms with van der Waals surface area (Å²) in [5.74, 6) is -0.717. The molecule has 1 atom stereocenters. The Labute approximate surface area is 148 Å². The molecule has 2 amide bonds. The molecule has 1 aromatic heterocycles. The van der Waals surface area contributed by atoms with E-state index in [-0.39, 0.29) is 35.0 Å². The first-order valence-corrected chi connectivity index (χ1v) is 8.46. The van der Waals surface area contributed by atoms with Gasteiger partial charge >= 0.3 is 0 Å². The summed E-state index contributed by atoms with van der Waals surface area (Å²) in [5, 5.41) is 9.81. The SMILES string of the molecule is O=C(CCC1CCCO1)NCC(=O)Nc1cccc2c(=O)[nH][nH]c(=O)c12. The predicted molar refractivity (Wildman–Crippen MR) is 95.0 cm³/mol. The number of fused-ring (bicyclic) bond motifs is 1. The predicted octanol–water partition coefficient (Wildman–Crippen LogP) is 0.230. The zero-order chi connectivity index (χ0) is 18.5. The molecule has 4 N–H and O–H groups in total. The zero-order valence-electron chi connectivity index (χ0n) is 14.1. The first-order valence-electron chi connectivity index (χ1n) is 8.46. The van der Waals surface area contributed by atoms with Crippen LogP contribution in [0.15, 0.2) is 27.8 Å². The summed E-state index contributed by atoms with van der Waals surface area (Å²) in [6, 6.07) is 4.58. The largest absolute Gasteiger partial charge is 0.378 e. The van der Waals surface area contributed by atoms with Crippen LogP contribution in [0.3, 0.4) is 0 Å². The van der Waals surface area contributed by atoms with Gasteiger partial charge in [-0.1, -0.05) is 6.07 Å². The molecule has 1 fully saturated rings. The highest BCUT2D eigenvalue weighted by Crippen LogP contribution is 2.17. The molecule has 138 valence electrons. The molecule has 9 heteroatoms. The highest BCUT2D eigenvalue weighted by Gasteiger charge is 2.17. The molecule has 3 rings (SSSR count). The molecule has 26 heavy (non-hydrogen) atoms. The van der Waals surface area contributed by atoms with Crippen molar-refractivity contribution in [3.05, 3.63) is 38.9 Å². The van der Waals surface area contributed by atoms with Gasteiger partial charge in [0.25, 0.3) is 11.1 Å². The van der Waals surface area contributed by atoms with Crippen LogP contribution in [0.5, 0.6) is 0 Å². The smallest absolute Gasteiger partial charge is 0.272 e. The van der Waals surface area contributed by atoms with Gasteiger partial charge in [-0.3, -0.25) is 29.4 Å². The number of ether oxygens (including phenoxy) is 1. The van der Waals surface area contributed by atoms with E-state index in [1.165, 1.54) is 12.1 Å². The lowest BCUT2D eigenvalue weighted by molar-refractivity contribution is -0.124. The number of rotatable bonds is 6. The summed E-state index contributed by atoms with van der Waals surface area (Å²) in [7, 11) is 0. The maximum Gasteiger partial charge on any atom is 0.272 e. The van der Waals surface area contributed by atoms with Crippen molar-refractivity contribution in [2.45, 2.75) is 31.8 Å². The Morgan fingerprint density at radius 1 is 1.15 bits per heavy atom. The number of carbonyl (C=O) groups excluding carboxylic acids is 2. The van der Waals surface area contributed by atoms with Crippen LogP contribution in [-0.4, -0.2) is 41.3 Å². The van der Waals surface area contributed by atoms with E-state index >= 15 is 0 Å². The maximum absolute atomic E-state index is 12.1. The molecular weight excluding hydrogens is 340 g/mol. The summed E-state index contributed by atoms with van der Waals surface area (Å²) >= 11 is 0. The van der Waals surface area contributed by atoms with Gasteiger partial charge in [0, 0.05) is 13.0 Å². The van der Waals surface area contributed by atoms with E-state index in [1.807, 2.05) is 0 Å². The van der Waals surface area contributed by atoms with Crippen molar-refractivity contribution in [3.63, 3.8) is 0 Å². The minimum atomic E-state index is -0.518. The van der Waals surface area contributed by atoms with Gasteiger partial charge in [-0.25, -0.2) is 0 Å². The number of hydrogen-bond acceptors (Lipinski definition) is 5. The van der Waals surface area contributed by atoms with E-state index in [9.17, 15) is 19.2 Å². The Morgan fingerprint density at radius 2 is 1.96 bits per heavy atom. The van der Waals surface area contributed by atoms with E-state index in [4.69, 9.17) is 4.74 Å². The molecule has 9 nitrogen and oxygen atoms in total. The van der Waals surface area contributed by atoms with E-state index < -0.39 is 17.0 Å². The lowest BCUT2D eigenvalue weighted by atomic mass is 10.1. The van der Waals surface area contributed by atoms with Gasteiger partial charge in [-0.05, 0) is 31.4 Å². The Balaban J connectivity index is 1.57. The molecule has 0 spiro atoms. The Kier molecular flexibility index (Phi) is 5.47. The number of carbonyl (C=O) groups is 2. The standard InChI is InChI=1S/C17H20N4O5/c22-13(7-6-10-3-2-8-26-10)18-9-14(23)19-12-5-1-4-11-15(12)17(25)21-20-16(11)24/h1,4-5,10H,2-3,6-9H2,(H,18,22)(H,19,23)(H,20,24)(H,21,25). The van der Waals surface area contributed by atoms with Gasteiger partial charge in [0.15, 0.2) is 0 Å². The molecule has 0 saturated carbocycles. The van der Waals surface area contributed by atoms with Crippen molar-refractivity contribution >= 4 is 28.3 Å². The quantitative estimate of drug-likeness (QED) is 0.585. The van der Waals surface area contributed by atoms with Gasteiger partial charge < -0.3 is 15.4 Å². The summed E-state index contributed by atoms with van der Waals surface area (Å²) in [6.45, 7) is 0.517. The number of anilines is 1. The molecular formula is C17H20N4O5.